The van der Waals surface area contributed by atoms with Crippen LogP contribution in [0.4, 0.5) is 0 Å². The molecule has 0 aromatic heterocycles. The third-order valence-electron chi connectivity index (χ3n) is 1.61. The molecule has 1 aromatic carbocycles. The maximum Gasteiger partial charge on any atom is 0.234 e. The third kappa shape index (κ3) is 5.13. The molecule has 0 heterocycles. The number of hydrogen-bond acceptors (Lipinski definition) is 3. The molecule has 1 N–H and O–H groups in total. The average molecular weight is 250 g/mol. The molecule has 0 fully saturated rings. The van der Waals surface area contributed by atoms with E-state index in [0.29, 0.717) is 0 Å². The fourth-order valence-corrected chi connectivity index (χ4v) is 2.05. The minimum absolute atomic E-state index is 0.0457. The SMILES string of the molecule is O=S(=O)(CCCl)NOCc1ccccc1. The van der Waals surface area contributed by atoms with Crippen molar-refractivity contribution >= 4 is 21.6 Å². The lowest BCUT2D eigenvalue weighted by Gasteiger charge is -2.05. The van der Waals surface area contributed by atoms with E-state index in [9.17, 15) is 8.42 Å². The molecule has 0 aliphatic heterocycles. The van der Waals surface area contributed by atoms with Crippen LogP contribution in [0.3, 0.4) is 0 Å². The summed E-state index contributed by atoms with van der Waals surface area (Å²) in [4.78, 5) is 6.84. The van der Waals surface area contributed by atoms with Gasteiger partial charge in [-0.2, -0.15) is 0 Å². The average Bonchev–Trinajstić information content (AvgIpc) is 2.19. The van der Waals surface area contributed by atoms with E-state index in [0.717, 1.165) is 5.56 Å². The van der Waals surface area contributed by atoms with Gasteiger partial charge in [-0.15, -0.1) is 11.6 Å². The van der Waals surface area contributed by atoms with E-state index in [-0.39, 0.29) is 18.2 Å². The summed E-state index contributed by atoms with van der Waals surface area (Å²) in [6, 6.07) is 9.27. The quantitative estimate of drug-likeness (QED) is 0.610. The monoisotopic (exact) mass is 249 g/mol. The summed E-state index contributed by atoms with van der Waals surface area (Å²) in [6.45, 7) is 0.197. The largest absolute Gasteiger partial charge is 0.282 e. The zero-order valence-corrected chi connectivity index (χ0v) is 9.59. The van der Waals surface area contributed by atoms with Crippen LogP contribution in [0.5, 0.6) is 0 Å². The number of hydrogen-bond donors (Lipinski definition) is 1. The van der Waals surface area contributed by atoms with Gasteiger partial charge in [0.1, 0.15) is 0 Å². The highest BCUT2D eigenvalue weighted by Gasteiger charge is 2.08. The lowest BCUT2D eigenvalue weighted by atomic mass is 10.2. The molecule has 4 nitrogen and oxygen atoms in total. The van der Waals surface area contributed by atoms with Gasteiger partial charge in [-0.3, -0.25) is 4.84 Å². The first-order valence-corrected chi connectivity index (χ1v) is 6.54. The van der Waals surface area contributed by atoms with Crippen LogP contribution in [0.2, 0.25) is 0 Å². The van der Waals surface area contributed by atoms with Crippen LogP contribution >= 0.6 is 11.6 Å². The Kier molecular flexibility index (Phi) is 5.04. The number of sulfonamides is 1. The van der Waals surface area contributed by atoms with Crippen LogP contribution < -0.4 is 4.89 Å². The van der Waals surface area contributed by atoms with Crippen molar-refractivity contribution < 1.29 is 13.3 Å². The van der Waals surface area contributed by atoms with E-state index < -0.39 is 10.0 Å². The lowest BCUT2D eigenvalue weighted by molar-refractivity contribution is 0.0797. The van der Waals surface area contributed by atoms with Gasteiger partial charge in [-0.1, -0.05) is 35.2 Å². The number of nitrogens with one attached hydrogen (secondary N) is 1. The number of rotatable bonds is 6. The fourth-order valence-electron chi connectivity index (χ4n) is 0.920. The van der Waals surface area contributed by atoms with Crippen LogP contribution in [-0.4, -0.2) is 20.1 Å². The summed E-state index contributed by atoms with van der Waals surface area (Å²) in [5.41, 5.74) is 0.895. The molecular weight excluding hydrogens is 238 g/mol. The van der Waals surface area contributed by atoms with Gasteiger partial charge in [0.05, 0.1) is 12.4 Å². The highest BCUT2D eigenvalue weighted by molar-refractivity contribution is 7.89. The smallest absolute Gasteiger partial charge is 0.234 e. The maximum absolute atomic E-state index is 11.1. The van der Waals surface area contributed by atoms with E-state index in [1.54, 1.807) is 0 Å². The Hall–Kier alpha value is -0.620. The number of alkyl halides is 1. The first-order valence-electron chi connectivity index (χ1n) is 4.35. The molecule has 0 unspecified atom stereocenters. The Morgan fingerprint density at radius 2 is 1.93 bits per heavy atom. The normalized spacial score (nSPS) is 11.5. The highest BCUT2D eigenvalue weighted by atomic mass is 35.5. The van der Waals surface area contributed by atoms with Crippen molar-refractivity contribution in [2.45, 2.75) is 6.61 Å². The molecule has 0 aliphatic rings. The lowest BCUT2D eigenvalue weighted by Crippen LogP contribution is -2.27. The molecule has 0 radical (unpaired) electrons. The van der Waals surface area contributed by atoms with Crippen molar-refractivity contribution in [1.29, 1.82) is 0 Å². The standard InChI is InChI=1S/C9H12ClNO3S/c10-6-7-15(12,13)11-14-8-9-4-2-1-3-5-9/h1-5,11H,6-8H2. The van der Waals surface area contributed by atoms with Gasteiger partial charge in [-0.25, -0.2) is 8.42 Å². The van der Waals surface area contributed by atoms with Crippen LogP contribution in [-0.2, 0) is 21.5 Å². The minimum atomic E-state index is -3.41. The van der Waals surface area contributed by atoms with E-state index in [1.165, 1.54) is 0 Å². The molecule has 0 aliphatic carbocycles. The Morgan fingerprint density at radius 3 is 2.53 bits per heavy atom. The number of halogens is 1. The van der Waals surface area contributed by atoms with Gasteiger partial charge in [0.25, 0.3) is 0 Å². The zero-order chi connectivity index (χ0) is 11.1. The predicted molar refractivity (Wildman–Crippen MR) is 58.9 cm³/mol. The minimum Gasteiger partial charge on any atom is -0.282 e. The number of benzene rings is 1. The van der Waals surface area contributed by atoms with E-state index in [2.05, 4.69) is 0 Å². The molecule has 0 amide bonds. The van der Waals surface area contributed by atoms with Crippen LogP contribution in [0.1, 0.15) is 5.56 Å². The molecule has 6 heteroatoms. The topological polar surface area (TPSA) is 55.4 Å². The molecule has 84 valence electrons. The second-order valence-corrected chi connectivity index (χ2v) is 5.05. The summed E-state index contributed by atoms with van der Waals surface area (Å²) >= 11 is 5.31. The van der Waals surface area contributed by atoms with Crippen LogP contribution in [0, 0.1) is 0 Å². The fraction of sp³-hybridized carbons (Fsp3) is 0.333. The van der Waals surface area contributed by atoms with E-state index >= 15 is 0 Å². The van der Waals surface area contributed by atoms with Gasteiger partial charge >= 0.3 is 0 Å². The summed E-state index contributed by atoms with van der Waals surface area (Å²) < 4.78 is 22.2. The molecule has 0 saturated heterocycles. The molecule has 15 heavy (non-hydrogen) atoms. The Labute approximate surface area is 94.2 Å². The maximum atomic E-state index is 11.1. The Bertz CT molecular complexity index is 380. The van der Waals surface area contributed by atoms with Crippen LogP contribution in [0.15, 0.2) is 30.3 Å². The van der Waals surface area contributed by atoms with Crippen molar-refractivity contribution in [1.82, 2.24) is 4.89 Å². The van der Waals surface area contributed by atoms with Crippen molar-refractivity contribution in [3.8, 4) is 0 Å². The first kappa shape index (κ1) is 12.4. The molecule has 0 bridgehead atoms. The van der Waals surface area contributed by atoms with Gasteiger partial charge < -0.3 is 0 Å². The van der Waals surface area contributed by atoms with Crippen molar-refractivity contribution in [3.05, 3.63) is 35.9 Å². The second-order valence-electron chi connectivity index (χ2n) is 2.87. The molecule has 0 saturated carbocycles. The summed E-state index contributed by atoms with van der Waals surface area (Å²) in [6.07, 6.45) is 0. The summed E-state index contributed by atoms with van der Waals surface area (Å²) in [7, 11) is -3.41. The molecule has 0 atom stereocenters. The van der Waals surface area contributed by atoms with Gasteiger partial charge in [0.2, 0.25) is 10.0 Å². The first-order chi connectivity index (χ1) is 7.14. The zero-order valence-electron chi connectivity index (χ0n) is 8.02. The highest BCUT2D eigenvalue weighted by Crippen LogP contribution is 1.99. The van der Waals surface area contributed by atoms with Crippen molar-refractivity contribution in [2.75, 3.05) is 11.6 Å². The molecule has 1 aromatic rings. The third-order valence-corrected chi connectivity index (χ3v) is 3.14. The van der Waals surface area contributed by atoms with E-state index in [4.69, 9.17) is 16.4 Å². The van der Waals surface area contributed by atoms with Gasteiger partial charge in [0, 0.05) is 5.88 Å². The van der Waals surface area contributed by atoms with Gasteiger partial charge in [0.15, 0.2) is 0 Å². The van der Waals surface area contributed by atoms with Crippen LogP contribution in [0.25, 0.3) is 0 Å². The predicted octanol–water partition coefficient (Wildman–Crippen LogP) is 1.28. The molecule has 0 spiro atoms. The van der Waals surface area contributed by atoms with Crippen molar-refractivity contribution in [3.63, 3.8) is 0 Å². The summed E-state index contributed by atoms with van der Waals surface area (Å²) in [5, 5.41) is 0. The summed E-state index contributed by atoms with van der Waals surface area (Å²) in [5.74, 6) is -0.104. The van der Waals surface area contributed by atoms with Crippen molar-refractivity contribution in [2.24, 2.45) is 0 Å². The van der Waals surface area contributed by atoms with E-state index in [1.807, 2.05) is 35.2 Å². The second kappa shape index (κ2) is 6.07. The Morgan fingerprint density at radius 1 is 1.27 bits per heavy atom. The van der Waals surface area contributed by atoms with Gasteiger partial charge in [-0.05, 0) is 5.56 Å². The molecule has 1 rings (SSSR count). The molecular formula is C9H12ClNO3S. The Balaban J connectivity index is 2.34.